The van der Waals surface area contributed by atoms with Crippen molar-refractivity contribution >= 4 is 23.2 Å². The molecule has 0 aliphatic carbocycles. The molecular formula is C22H25ClN6O2. The van der Waals surface area contributed by atoms with E-state index < -0.39 is 0 Å². The van der Waals surface area contributed by atoms with E-state index >= 15 is 0 Å². The molecule has 4 rings (SSSR count). The van der Waals surface area contributed by atoms with Crippen molar-refractivity contribution in [3.05, 3.63) is 53.1 Å². The highest BCUT2D eigenvalue weighted by Crippen LogP contribution is 2.31. The van der Waals surface area contributed by atoms with Crippen LogP contribution in [0.5, 0.6) is 6.01 Å². The van der Waals surface area contributed by atoms with Gasteiger partial charge in [-0.15, -0.1) is 0 Å². The van der Waals surface area contributed by atoms with Gasteiger partial charge in [-0.25, -0.2) is 9.97 Å². The summed E-state index contributed by atoms with van der Waals surface area (Å²) < 4.78 is 6.75. The third-order valence-electron chi connectivity index (χ3n) is 5.58. The van der Waals surface area contributed by atoms with Gasteiger partial charge in [0.1, 0.15) is 6.54 Å². The minimum atomic E-state index is 0.0544. The Kier molecular flexibility index (Phi) is 6.08. The van der Waals surface area contributed by atoms with Gasteiger partial charge >= 0.3 is 6.01 Å². The van der Waals surface area contributed by atoms with E-state index in [0.29, 0.717) is 24.1 Å². The number of halogens is 1. The molecule has 0 unspecified atom stereocenters. The number of piperazine rings is 1. The third-order valence-corrected chi connectivity index (χ3v) is 6.12. The van der Waals surface area contributed by atoms with Crippen LogP contribution in [0.3, 0.4) is 0 Å². The number of carbonyl (C=O) groups excluding carboxylic acids is 1. The number of carbonyl (C=O) groups is 1. The lowest BCUT2D eigenvalue weighted by Crippen LogP contribution is -2.49. The second kappa shape index (κ2) is 8.93. The molecule has 1 aliphatic heterocycles. The van der Waals surface area contributed by atoms with Crippen molar-refractivity contribution in [3.63, 3.8) is 0 Å². The summed E-state index contributed by atoms with van der Waals surface area (Å²) in [5.74, 6) is 0.0544. The number of hydrogen-bond donors (Lipinski definition) is 0. The molecule has 0 saturated carbocycles. The Labute approximate surface area is 186 Å². The Balaban J connectivity index is 1.44. The number of amides is 1. The second-order valence-electron chi connectivity index (χ2n) is 7.49. The highest BCUT2D eigenvalue weighted by molar-refractivity contribution is 6.31. The highest BCUT2D eigenvalue weighted by Gasteiger charge is 2.24. The fraction of sp³-hybridized carbons (Fsp3) is 0.364. The van der Waals surface area contributed by atoms with Gasteiger partial charge < -0.3 is 14.5 Å². The predicted octanol–water partition coefficient (Wildman–Crippen LogP) is 2.97. The van der Waals surface area contributed by atoms with E-state index in [9.17, 15) is 4.79 Å². The quantitative estimate of drug-likeness (QED) is 0.607. The number of hydrogen-bond acceptors (Lipinski definition) is 6. The van der Waals surface area contributed by atoms with Crippen LogP contribution in [-0.4, -0.2) is 63.8 Å². The average Bonchev–Trinajstić information content (AvgIpc) is 3.05. The topological polar surface area (TPSA) is 76.4 Å². The minimum Gasteiger partial charge on any atom is -0.467 e. The van der Waals surface area contributed by atoms with Crippen LogP contribution in [0, 0.1) is 13.8 Å². The normalized spacial score (nSPS) is 14.1. The van der Waals surface area contributed by atoms with E-state index in [4.69, 9.17) is 16.3 Å². The predicted molar refractivity (Wildman–Crippen MR) is 120 cm³/mol. The molecule has 3 aromatic rings. The summed E-state index contributed by atoms with van der Waals surface area (Å²) in [4.78, 5) is 25.4. The number of nitrogens with zero attached hydrogens (tertiary/aromatic N) is 6. The molecule has 1 saturated heterocycles. The van der Waals surface area contributed by atoms with E-state index in [2.05, 4.69) is 32.1 Å². The fourth-order valence-corrected chi connectivity index (χ4v) is 3.94. The minimum absolute atomic E-state index is 0.0544. The van der Waals surface area contributed by atoms with Gasteiger partial charge in [0.05, 0.1) is 23.5 Å². The number of para-hydroxylation sites is 1. The van der Waals surface area contributed by atoms with E-state index in [1.165, 1.54) is 0 Å². The van der Waals surface area contributed by atoms with Gasteiger partial charge in [0, 0.05) is 55.4 Å². The smallest absolute Gasteiger partial charge is 0.316 e. The molecule has 162 valence electrons. The Morgan fingerprint density at radius 2 is 1.77 bits per heavy atom. The monoisotopic (exact) mass is 440 g/mol. The first-order valence-corrected chi connectivity index (χ1v) is 10.5. The molecule has 8 nitrogen and oxygen atoms in total. The summed E-state index contributed by atoms with van der Waals surface area (Å²) >= 11 is 6.21. The van der Waals surface area contributed by atoms with Crippen LogP contribution >= 0.6 is 11.6 Å². The van der Waals surface area contributed by atoms with Crippen molar-refractivity contribution in [2.75, 3.05) is 38.2 Å². The van der Waals surface area contributed by atoms with Crippen molar-refractivity contribution in [1.29, 1.82) is 0 Å². The molecule has 0 spiro atoms. The van der Waals surface area contributed by atoms with Gasteiger partial charge in [0.25, 0.3) is 0 Å². The summed E-state index contributed by atoms with van der Waals surface area (Å²) in [6.45, 7) is 6.74. The van der Waals surface area contributed by atoms with E-state index in [-0.39, 0.29) is 12.5 Å². The largest absolute Gasteiger partial charge is 0.467 e. The second-order valence-corrected chi connectivity index (χ2v) is 7.86. The summed E-state index contributed by atoms with van der Waals surface area (Å²) in [7, 11) is 1.55. The average molecular weight is 441 g/mol. The van der Waals surface area contributed by atoms with Gasteiger partial charge in [0.15, 0.2) is 0 Å². The zero-order valence-corrected chi connectivity index (χ0v) is 18.6. The maximum absolute atomic E-state index is 12.8. The summed E-state index contributed by atoms with van der Waals surface area (Å²) in [5, 5.41) is 4.99. The molecule has 1 fully saturated rings. The maximum atomic E-state index is 12.8. The summed E-state index contributed by atoms with van der Waals surface area (Å²) in [6, 6.07) is 8.52. The molecule has 31 heavy (non-hydrogen) atoms. The van der Waals surface area contributed by atoms with Crippen molar-refractivity contribution in [2.45, 2.75) is 20.4 Å². The van der Waals surface area contributed by atoms with Gasteiger partial charge in [-0.1, -0.05) is 29.8 Å². The molecule has 0 N–H and O–H groups in total. The first-order valence-electron chi connectivity index (χ1n) is 10.2. The van der Waals surface area contributed by atoms with Crippen molar-refractivity contribution in [2.24, 2.45) is 0 Å². The van der Waals surface area contributed by atoms with Crippen LogP contribution < -0.4 is 9.64 Å². The molecule has 9 heteroatoms. The zero-order chi connectivity index (χ0) is 22.0. The van der Waals surface area contributed by atoms with Crippen LogP contribution in [0.15, 0.2) is 36.7 Å². The van der Waals surface area contributed by atoms with Gasteiger partial charge in [-0.2, -0.15) is 5.10 Å². The molecule has 1 amide bonds. The molecule has 2 aromatic heterocycles. The number of aromatic nitrogens is 4. The fourth-order valence-electron chi connectivity index (χ4n) is 3.81. The summed E-state index contributed by atoms with van der Waals surface area (Å²) in [5.41, 5.74) is 4.66. The number of methoxy groups -OCH3 is 1. The zero-order valence-electron chi connectivity index (χ0n) is 17.9. The lowest BCUT2D eigenvalue weighted by atomic mass is 10.1. The molecule has 0 radical (unpaired) electrons. The lowest BCUT2D eigenvalue weighted by molar-refractivity contribution is -0.132. The first-order chi connectivity index (χ1) is 15.0. The van der Waals surface area contributed by atoms with E-state index in [1.807, 2.05) is 30.9 Å². The number of anilines is 1. The van der Waals surface area contributed by atoms with Gasteiger partial charge in [-0.3, -0.25) is 9.48 Å². The number of rotatable bonds is 5. The standard InChI is InChI=1S/C22H25ClN6O2/c1-15-21(23)16(2)29(26-15)14-20(30)28-10-8-27(9-11-28)19-7-5-4-6-18(19)17-12-24-22(31-3)25-13-17/h4-7,12-13H,8-11,14H2,1-3H3. The van der Waals surface area contributed by atoms with Crippen LogP contribution in [0.1, 0.15) is 11.4 Å². The molecule has 1 aromatic carbocycles. The van der Waals surface area contributed by atoms with Gasteiger partial charge in [-0.05, 0) is 19.9 Å². The first kappa shape index (κ1) is 21.1. The summed E-state index contributed by atoms with van der Waals surface area (Å²) in [6.07, 6.45) is 3.54. The van der Waals surface area contributed by atoms with Gasteiger partial charge in [0.2, 0.25) is 5.91 Å². The SMILES string of the molecule is COc1ncc(-c2ccccc2N2CCN(C(=O)Cn3nc(C)c(Cl)c3C)CC2)cn1. The van der Waals surface area contributed by atoms with Crippen LogP contribution in [0.25, 0.3) is 11.1 Å². The Morgan fingerprint density at radius 1 is 1.10 bits per heavy atom. The van der Waals surface area contributed by atoms with Crippen LogP contribution in [0.4, 0.5) is 5.69 Å². The van der Waals surface area contributed by atoms with Crippen LogP contribution in [0.2, 0.25) is 5.02 Å². The van der Waals surface area contributed by atoms with E-state index in [1.54, 1.807) is 24.2 Å². The Hall–Kier alpha value is -3.13. The Bertz CT molecular complexity index is 1070. The maximum Gasteiger partial charge on any atom is 0.316 e. The molecule has 0 bridgehead atoms. The van der Waals surface area contributed by atoms with Crippen molar-refractivity contribution < 1.29 is 9.53 Å². The lowest BCUT2D eigenvalue weighted by Gasteiger charge is -2.37. The molecular weight excluding hydrogens is 416 g/mol. The Morgan fingerprint density at radius 3 is 2.39 bits per heavy atom. The van der Waals surface area contributed by atoms with E-state index in [0.717, 1.165) is 41.3 Å². The third kappa shape index (κ3) is 4.34. The number of benzene rings is 1. The molecule has 3 heterocycles. The number of ether oxygens (including phenoxy) is 1. The molecule has 1 aliphatic rings. The van der Waals surface area contributed by atoms with Crippen LogP contribution in [-0.2, 0) is 11.3 Å². The highest BCUT2D eigenvalue weighted by atomic mass is 35.5. The number of aryl methyl sites for hydroxylation is 1. The van der Waals surface area contributed by atoms with Crippen molar-refractivity contribution in [1.82, 2.24) is 24.6 Å². The van der Waals surface area contributed by atoms with Crippen molar-refractivity contribution in [3.8, 4) is 17.1 Å². The molecule has 0 atom stereocenters.